The van der Waals surface area contributed by atoms with Crippen molar-refractivity contribution < 1.29 is 19.2 Å². The number of hydrogen-bond donors (Lipinski definition) is 1. The molecule has 6 nitrogen and oxygen atoms in total. The Bertz CT molecular complexity index is 684. The van der Waals surface area contributed by atoms with Crippen molar-refractivity contribution in [1.82, 2.24) is 10.2 Å². The average molecular weight is 344 g/mol. The number of hydrogen-bond acceptors (Lipinski definition) is 4. The molecule has 1 N–H and O–H groups in total. The smallest absolute Gasteiger partial charge is 0.261 e. The summed E-state index contributed by atoms with van der Waals surface area (Å²) in [5.41, 5.74) is 2.33. The van der Waals surface area contributed by atoms with E-state index < -0.39 is 17.9 Å². The minimum Gasteiger partial charge on any atom is -0.295 e. The molecule has 0 spiro atoms. The Kier molecular flexibility index (Phi) is 6.44. The van der Waals surface area contributed by atoms with Gasteiger partial charge in [0.2, 0.25) is 18.2 Å². The molecule has 1 fully saturated rings. The van der Waals surface area contributed by atoms with Gasteiger partial charge in [-0.25, -0.2) is 0 Å². The predicted octanol–water partition coefficient (Wildman–Crippen LogP) is 2.13. The standard InChI is InChI=1S/C19H24N2O4/c1-3-4-5-6-14-7-8-15(13(2)11-14)19(25)21(12-22)16-9-10-17(23)20-18(16)24/h7-8,11-12,16H,3-6,9-10H2,1-2H3,(H,20,23,24). The summed E-state index contributed by atoms with van der Waals surface area (Å²) in [6, 6.07) is 4.62. The number of imide groups is 2. The lowest BCUT2D eigenvalue weighted by Gasteiger charge is -2.28. The van der Waals surface area contributed by atoms with Gasteiger partial charge in [-0.15, -0.1) is 0 Å². The highest BCUT2D eigenvalue weighted by molar-refractivity contribution is 6.07. The third-order valence-electron chi connectivity index (χ3n) is 4.48. The molecule has 134 valence electrons. The highest BCUT2D eigenvalue weighted by atomic mass is 16.2. The normalized spacial score (nSPS) is 17.1. The summed E-state index contributed by atoms with van der Waals surface area (Å²) in [7, 11) is 0. The van der Waals surface area contributed by atoms with Crippen LogP contribution in [0.1, 0.15) is 60.5 Å². The number of piperidine rings is 1. The van der Waals surface area contributed by atoms with Crippen LogP contribution in [-0.2, 0) is 20.8 Å². The number of carbonyl (C=O) groups excluding carboxylic acids is 4. The van der Waals surface area contributed by atoms with Crippen molar-refractivity contribution in [1.29, 1.82) is 0 Å². The zero-order valence-corrected chi connectivity index (χ0v) is 14.7. The summed E-state index contributed by atoms with van der Waals surface area (Å²) in [6.45, 7) is 3.97. The second kappa shape index (κ2) is 8.55. The molecule has 0 saturated carbocycles. The summed E-state index contributed by atoms with van der Waals surface area (Å²) in [5, 5.41) is 2.17. The Balaban J connectivity index is 2.16. The van der Waals surface area contributed by atoms with Crippen molar-refractivity contribution in [3.63, 3.8) is 0 Å². The molecule has 1 unspecified atom stereocenters. The van der Waals surface area contributed by atoms with Crippen LogP contribution in [0.2, 0.25) is 0 Å². The van der Waals surface area contributed by atoms with Crippen LogP contribution in [-0.4, -0.2) is 35.1 Å². The van der Waals surface area contributed by atoms with Crippen LogP contribution in [0, 0.1) is 6.92 Å². The molecule has 1 heterocycles. The summed E-state index contributed by atoms with van der Waals surface area (Å²) < 4.78 is 0. The number of carbonyl (C=O) groups is 4. The van der Waals surface area contributed by atoms with Crippen molar-refractivity contribution in [2.45, 2.75) is 58.4 Å². The van der Waals surface area contributed by atoms with Crippen LogP contribution in [0.15, 0.2) is 18.2 Å². The maximum atomic E-state index is 12.7. The van der Waals surface area contributed by atoms with E-state index in [1.807, 2.05) is 19.1 Å². The van der Waals surface area contributed by atoms with E-state index in [2.05, 4.69) is 12.2 Å². The molecule has 0 radical (unpaired) electrons. The molecule has 1 aliphatic rings. The number of benzene rings is 1. The second-order valence-electron chi connectivity index (χ2n) is 6.39. The highest BCUT2D eigenvalue weighted by Gasteiger charge is 2.35. The Hall–Kier alpha value is -2.50. The highest BCUT2D eigenvalue weighted by Crippen LogP contribution is 2.19. The zero-order valence-electron chi connectivity index (χ0n) is 14.7. The van der Waals surface area contributed by atoms with Gasteiger partial charge in [0.05, 0.1) is 0 Å². The van der Waals surface area contributed by atoms with Crippen LogP contribution in [0.5, 0.6) is 0 Å². The fourth-order valence-corrected chi connectivity index (χ4v) is 3.05. The lowest BCUT2D eigenvalue weighted by Crippen LogP contribution is -2.53. The van der Waals surface area contributed by atoms with E-state index in [0.29, 0.717) is 12.0 Å². The zero-order chi connectivity index (χ0) is 18.4. The molecule has 1 aromatic carbocycles. The van der Waals surface area contributed by atoms with E-state index in [1.165, 1.54) is 0 Å². The quantitative estimate of drug-likeness (QED) is 0.467. The van der Waals surface area contributed by atoms with Crippen LogP contribution < -0.4 is 5.32 Å². The average Bonchev–Trinajstić information content (AvgIpc) is 2.57. The Morgan fingerprint density at radius 2 is 2.08 bits per heavy atom. The first-order valence-electron chi connectivity index (χ1n) is 8.69. The lowest BCUT2D eigenvalue weighted by molar-refractivity contribution is -0.139. The molecular weight excluding hydrogens is 320 g/mol. The van der Waals surface area contributed by atoms with Gasteiger partial charge in [-0.1, -0.05) is 31.9 Å². The monoisotopic (exact) mass is 344 g/mol. The van der Waals surface area contributed by atoms with Gasteiger partial charge < -0.3 is 0 Å². The van der Waals surface area contributed by atoms with Crippen LogP contribution >= 0.6 is 0 Å². The van der Waals surface area contributed by atoms with Crippen molar-refractivity contribution >= 4 is 24.1 Å². The van der Waals surface area contributed by atoms with E-state index in [1.54, 1.807) is 6.07 Å². The van der Waals surface area contributed by atoms with E-state index in [9.17, 15) is 19.2 Å². The van der Waals surface area contributed by atoms with Crippen LogP contribution in [0.4, 0.5) is 0 Å². The Labute approximate surface area is 147 Å². The molecular formula is C19H24N2O4. The van der Waals surface area contributed by atoms with E-state index in [4.69, 9.17) is 0 Å². The second-order valence-corrected chi connectivity index (χ2v) is 6.39. The van der Waals surface area contributed by atoms with Gasteiger partial charge in [-0.2, -0.15) is 0 Å². The first-order valence-corrected chi connectivity index (χ1v) is 8.69. The maximum absolute atomic E-state index is 12.7. The number of amides is 4. The number of nitrogens with one attached hydrogen (secondary N) is 1. The van der Waals surface area contributed by atoms with E-state index in [-0.39, 0.29) is 18.7 Å². The molecule has 0 aromatic heterocycles. The minimum atomic E-state index is -0.939. The molecule has 1 saturated heterocycles. The lowest BCUT2D eigenvalue weighted by atomic mass is 9.99. The molecule has 25 heavy (non-hydrogen) atoms. The summed E-state index contributed by atoms with van der Waals surface area (Å²) in [4.78, 5) is 48.2. The molecule has 1 aliphatic heterocycles. The molecule has 6 heteroatoms. The van der Waals surface area contributed by atoms with Gasteiger partial charge in [0.15, 0.2) is 0 Å². The molecule has 0 bridgehead atoms. The Morgan fingerprint density at radius 1 is 1.32 bits per heavy atom. The SMILES string of the molecule is CCCCCc1ccc(C(=O)N(C=O)C2CCC(=O)NC2=O)c(C)c1. The van der Waals surface area contributed by atoms with Gasteiger partial charge in [0, 0.05) is 12.0 Å². The van der Waals surface area contributed by atoms with Gasteiger partial charge in [-0.05, 0) is 43.4 Å². The van der Waals surface area contributed by atoms with Gasteiger partial charge >= 0.3 is 0 Å². The number of unbranched alkanes of at least 4 members (excludes halogenated alkanes) is 2. The molecule has 1 atom stereocenters. The molecule has 2 rings (SSSR count). The third kappa shape index (κ3) is 4.53. The molecule has 0 aliphatic carbocycles. The largest absolute Gasteiger partial charge is 0.295 e. The number of aryl methyl sites for hydroxylation is 2. The number of nitrogens with zero attached hydrogens (tertiary/aromatic N) is 1. The summed E-state index contributed by atoms with van der Waals surface area (Å²) >= 11 is 0. The van der Waals surface area contributed by atoms with E-state index in [0.717, 1.165) is 41.7 Å². The van der Waals surface area contributed by atoms with E-state index >= 15 is 0 Å². The van der Waals surface area contributed by atoms with Gasteiger partial charge in [0.25, 0.3) is 5.91 Å². The van der Waals surface area contributed by atoms with Gasteiger partial charge in [0.1, 0.15) is 6.04 Å². The maximum Gasteiger partial charge on any atom is 0.261 e. The minimum absolute atomic E-state index is 0.114. The predicted molar refractivity (Wildman–Crippen MR) is 92.8 cm³/mol. The van der Waals surface area contributed by atoms with Crippen molar-refractivity contribution in [3.05, 3.63) is 34.9 Å². The molecule has 4 amide bonds. The fraction of sp³-hybridized carbons (Fsp3) is 0.474. The first-order chi connectivity index (χ1) is 12.0. The van der Waals surface area contributed by atoms with Crippen molar-refractivity contribution in [2.24, 2.45) is 0 Å². The van der Waals surface area contributed by atoms with Crippen molar-refractivity contribution in [3.8, 4) is 0 Å². The Morgan fingerprint density at radius 3 is 2.68 bits per heavy atom. The topological polar surface area (TPSA) is 83.6 Å². The van der Waals surface area contributed by atoms with Gasteiger partial charge in [-0.3, -0.25) is 29.4 Å². The first kappa shape index (κ1) is 18.8. The fourth-order valence-electron chi connectivity index (χ4n) is 3.05. The van der Waals surface area contributed by atoms with Crippen molar-refractivity contribution in [2.75, 3.05) is 0 Å². The molecule has 1 aromatic rings. The van der Waals surface area contributed by atoms with Crippen LogP contribution in [0.3, 0.4) is 0 Å². The summed E-state index contributed by atoms with van der Waals surface area (Å²) in [6.07, 6.45) is 5.00. The summed E-state index contributed by atoms with van der Waals surface area (Å²) in [5.74, 6) is -1.50. The number of rotatable bonds is 7. The third-order valence-corrected chi connectivity index (χ3v) is 4.48. The van der Waals surface area contributed by atoms with Crippen LogP contribution in [0.25, 0.3) is 0 Å².